The van der Waals surface area contributed by atoms with E-state index in [0.29, 0.717) is 23.0 Å². The third-order valence-electron chi connectivity index (χ3n) is 2.69. The van der Waals surface area contributed by atoms with Crippen molar-refractivity contribution in [2.24, 2.45) is 0 Å². The van der Waals surface area contributed by atoms with Crippen molar-refractivity contribution in [2.75, 3.05) is 0 Å². The lowest BCUT2D eigenvalue weighted by atomic mass is 10.2. The predicted molar refractivity (Wildman–Crippen MR) is 79.2 cm³/mol. The Morgan fingerprint density at radius 1 is 1.33 bits per heavy atom. The van der Waals surface area contributed by atoms with Gasteiger partial charge in [0.25, 0.3) is 5.69 Å². The highest BCUT2D eigenvalue weighted by atomic mass is 35.5. The molecule has 110 valence electrons. The van der Waals surface area contributed by atoms with E-state index in [0.717, 1.165) is 6.42 Å². The van der Waals surface area contributed by atoms with E-state index in [9.17, 15) is 10.1 Å². The van der Waals surface area contributed by atoms with Gasteiger partial charge in [-0.2, -0.15) is 0 Å². The number of aromatic nitrogens is 2. The molecule has 6 nitrogen and oxygen atoms in total. The van der Waals surface area contributed by atoms with Crippen LogP contribution in [0.4, 0.5) is 5.69 Å². The van der Waals surface area contributed by atoms with Crippen molar-refractivity contribution in [3.8, 4) is 11.6 Å². The van der Waals surface area contributed by atoms with E-state index in [1.807, 2.05) is 6.92 Å². The molecule has 1 aromatic heterocycles. The lowest BCUT2D eigenvalue weighted by molar-refractivity contribution is -0.384. The van der Waals surface area contributed by atoms with Crippen LogP contribution in [0.15, 0.2) is 24.5 Å². The van der Waals surface area contributed by atoms with Gasteiger partial charge in [0.15, 0.2) is 0 Å². The maximum atomic E-state index is 10.7. The fraction of sp³-hybridized carbons (Fsp3) is 0.231. The molecule has 2 rings (SSSR count). The summed E-state index contributed by atoms with van der Waals surface area (Å²) < 4.78 is 5.62. The number of benzene rings is 1. The van der Waals surface area contributed by atoms with Gasteiger partial charge in [-0.15, -0.1) is 0 Å². The van der Waals surface area contributed by atoms with Gasteiger partial charge in [-0.3, -0.25) is 10.1 Å². The van der Waals surface area contributed by atoms with Gasteiger partial charge >= 0.3 is 0 Å². The van der Waals surface area contributed by atoms with Gasteiger partial charge < -0.3 is 4.74 Å². The summed E-state index contributed by atoms with van der Waals surface area (Å²) >= 11 is 12.0. The van der Waals surface area contributed by atoms with Crippen molar-refractivity contribution in [3.05, 3.63) is 50.4 Å². The summed E-state index contributed by atoms with van der Waals surface area (Å²) in [5, 5.41) is 11.1. The summed E-state index contributed by atoms with van der Waals surface area (Å²) in [6, 6.07) is 3.95. The molecule has 8 heteroatoms. The molecule has 0 aliphatic heterocycles. The summed E-state index contributed by atoms with van der Waals surface area (Å²) in [6.45, 7) is 1.99. The van der Waals surface area contributed by atoms with Crippen LogP contribution < -0.4 is 4.74 Å². The first-order chi connectivity index (χ1) is 10.0. The van der Waals surface area contributed by atoms with E-state index in [1.54, 1.807) is 0 Å². The number of hydrogen-bond acceptors (Lipinski definition) is 5. The summed E-state index contributed by atoms with van der Waals surface area (Å²) in [5.74, 6) is 0.571. The highest BCUT2D eigenvalue weighted by Gasteiger charge is 2.15. The molecule has 21 heavy (non-hydrogen) atoms. The molecule has 0 unspecified atom stereocenters. The van der Waals surface area contributed by atoms with Gasteiger partial charge in [0.2, 0.25) is 5.88 Å². The minimum atomic E-state index is -0.528. The zero-order valence-electron chi connectivity index (χ0n) is 11.0. The molecule has 0 atom stereocenters. The average molecular weight is 328 g/mol. The van der Waals surface area contributed by atoms with Crippen molar-refractivity contribution in [1.29, 1.82) is 0 Å². The van der Waals surface area contributed by atoms with Crippen LogP contribution in [0.3, 0.4) is 0 Å². The Kier molecular flexibility index (Phi) is 4.93. The number of nitro groups is 1. The molecule has 1 heterocycles. The normalized spacial score (nSPS) is 10.4. The Labute approximate surface area is 130 Å². The van der Waals surface area contributed by atoms with Crippen LogP contribution in [0.1, 0.15) is 18.9 Å². The van der Waals surface area contributed by atoms with Crippen LogP contribution in [-0.4, -0.2) is 14.9 Å². The predicted octanol–water partition coefficient (Wildman–Crippen LogP) is 4.44. The smallest absolute Gasteiger partial charge is 0.271 e. The van der Waals surface area contributed by atoms with E-state index >= 15 is 0 Å². The number of ether oxygens (including phenoxy) is 1. The maximum Gasteiger partial charge on any atom is 0.271 e. The first-order valence-corrected chi connectivity index (χ1v) is 6.89. The minimum absolute atomic E-state index is 0.109. The van der Waals surface area contributed by atoms with Crippen LogP contribution in [0.2, 0.25) is 10.2 Å². The van der Waals surface area contributed by atoms with Crippen molar-refractivity contribution >= 4 is 28.9 Å². The van der Waals surface area contributed by atoms with Crippen molar-refractivity contribution < 1.29 is 9.66 Å². The summed E-state index contributed by atoms with van der Waals surface area (Å²) in [7, 11) is 0. The second-order valence-corrected chi connectivity index (χ2v) is 4.94. The Morgan fingerprint density at radius 2 is 2.10 bits per heavy atom. The summed E-state index contributed by atoms with van der Waals surface area (Å²) in [6.07, 6.45) is 2.78. The number of halogens is 2. The number of nitrogens with zero attached hydrogens (tertiary/aromatic N) is 3. The van der Waals surface area contributed by atoms with Gasteiger partial charge in [0, 0.05) is 12.1 Å². The fourth-order valence-corrected chi connectivity index (χ4v) is 2.15. The molecule has 0 N–H and O–H groups in total. The van der Waals surface area contributed by atoms with Gasteiger partial charge in [0.05, 0.1) is 15.5 Å². The lowest BCUT2D eigenvalue weighted by Gasteiger charge is -2.11. The highest BCUT2D eigenvalue weighted by Crippen LogP contribution is 2.34. The van der Waals surface area contributed by atoms with Gasteiger partial charge in [0.1, 0.15) is 17.2 Å². The molecule has 0 bridgehead atoms. The minimum Gasteiger partial charge on any atom is -0.437 e. The van der Waals surface area contributed by atoms with Crippen molar-refractivity contribution in [3.63, 3.8) is 0 Å². The first-order valence-electron chi connectivity index (χ1n) is 6.14. The van der Waals surface area contributed by atoms with Crippen LogP contribution in [-0.2, 0) is 6.42 Å². The molecule has 0 saturated carbocycles. The monoisotopic (exact) mass is 327 g/mol. The molecule has 0 radical (unpaired) electrons. The Balaban J connectivity index is 2.34. The zero-order valence-corrected chi connectivity index (χ0v) is 12.6. The van der Waals surface area contributed by atoms with Crippen molar-refractivity contribution in [1.82, 2.24) is 9.97 Å². The van der Waals surface area contributed by atoms with Gasteiger partial charge in [-0.25, -0.2) is 9.97 Å². The molecule has 0 fully saturated rings. The highest BCUT2D eigenvalue weighted by molar-refractivity contribution is 6.32. The fourth-order valence-electron chi connectivity index (χ4n) is 1.71. The first kappa shape index (κ1) is 15.5. The molecule has 0 amide bonds. The zero-order chi connectivity index (χ0) is 15.4. The van der Waals surface area contributed by atoms with Gasteiger partial charge in [-0.05, 0) is 12.5 Å². The third-order valence-corrected chi connectivity index (χ3v) is 3.31. The standard InChI is InChI=1S/C13H11Cl2N3O3/c1-2-3-9-12(15)16-7-17-13(9)21-11-5-4-8(18(19)20)6-10(11)14/h4-7H,2-3H2,1H3. The second kappa shape index (κ2) is 6.69. The maximum absolute atomic E-state index is 10.7. The van der Waals surface area contributed by atoms with E-state index < -0.39 is 4.92 Å². The van der Waals surface area contributed by atoms with Crippen LogP contribution in [0, 0.1) is 10.1 Å². The SMILES string of the molecule is CCCc1c(Cl)ncnc1Oc1ccc([N+](=O)[O-])cc1Cl. The molecule has 0 saturated heterocycles. The van der Waals surface area contributed by atoms with Crippen LogP contribution in [0.25, 0.3) is 0 Å². The topological polar surface area (TPSA) is 78.2 Å². The largest absolute Gasteiger partial charge is 0.437 e. The molecule has 1 aromatic carbocycles. The third kappa shape index (κ3) is 3.59. The molecular formula is C13H11Cl2N3O3. The van der Waals surface area contributed by atoms with E-state index in [-0.39, 0.29) is 16.5 Å². The van der Waals surface area contributed by atoms with E-state index in [4.69, 9.17) is 27.9 Å². The molecule has 0 spiro atoms. The molecule has 0 aliphatic rings. The number of hydrogen-bond donors (Lipinski definition) is 0. The Hall–Kier alpha value is -1.92. The Bertz CT molecular complexity index is 680. The molecular weight excluding hydrogens is 317 g/mol. The number of nitro benzene ring substituents is 1. The Morgan fingerprint density at radius 3 is 2.71 bits per heavy atom. The quantitative estimate of drug-likeness (QED) is 0.461. The summed E-state index contributed by atoms with van der Waals surface area (Å²) in [5.41, 5.74) is 0.568. The average Bonchev–Trinajstić information content (AvgIpc) is 2.44. The number of non-ortho nitro benzene ring substituents is 1. The van der Waals surface area contributed by atoms with E-state index in [1.165, 1.54) is 24.5 Å². The van der Waals surface area contributed by atoms with Gasteiger partial charge in [-0.1, -0.05) is 36.5 Å². The van der Waals surface area contributed by atoms with Crippen LogP contribution >= 0.6 is 23.2 Å². The van der Waals surface area contributed by atoms with E-state index in [2.05, 4.69) is 9.97 Å². The summed E-state index contributed by atoms with van der Waals surface area (Å²) in [4.78, 5) is 18.1. The second-order valence-electron chi connectivity index (χ2n) is 4.17. The molecule has 0 aliphatic carbocycles. The molecule has 2 aromatic rings. The lowest BCUT2D eigenvalue weighted by Crippen LogP contribution is -1.98. The van der Waals surface area contributed by atoms with Crippen molar-refractivity contribution in [2.45, 2.75) is 19.8 Å². The number of rotatable bonds is 5. The van der Waals surface area contributed by atoms with Crippen LogP contribution in [0.5, 0.6) is 11.6 Å².